The van der Waals surface area contributed by atoms with Gasteiger partial charge in [-0.15, -0.1) is 0 Å². The number of aryl methyl sites for hydroxylation is 1. The standard InChI is InChI=1S/C16H21N3O2/c1-2-5-14(6-3-1)20-9-4-8-19-13-18-11-15(19)16-12-17-7-10-21-16/h1-3,5-6,11,13,16-17H,4,7-10,12H2. The Morgan fingerprint density at radius 1 is 1.33 bits per heavy atom. The molecule has 21 heavy (non-hydrogen) atoms. The van der Waals surface area contributed by atoms with Gasteiger partial charge in [-0.1, -0.05) is 18.2 Å². The number of para-hydroxylation sites is 1. The Morgan fingerprint density at radius 2 is 2.24 bits per heavy atom. The smallest absolute Gasteiger partial charge is 0.119 e. The monoisotopic (exact) mass is 287 g/mol. The van der Waals surface area contributed by atoms with Gasteiger partial charge in [0.15, 0.2) is 0 Å². The average Bonchev–Trinajstić information content (AvgIpc) is 3.02. The first kappa shape index (κ1) is 14.1. The van der Waals surface area contributed by atoms with Gasteiger partial charge in [-0.25, -0.2) is 4.98 Å². The fourth-order valence-corrected chi connectivity index (χ4v) is 2.48. The highest BCUT2D eigenvalue weighted by atomic mass is 16.5. The number of hydrogen-bond acceptors (Lipinski definition) is 4. The zero-order valence-electron chi connectivity index (χ0n) is 12.1. The Morgan fingerprint density at radius 3 is 3.05 bits per heavy atom. The second-order valence-corrected chi connectivity index (χ2v) is 5.09. The van der Waals surface area contributed by atoms with E-state index in [1.807, 2.05) is 42.9 Å². The van der Waals surface area contributed by atoms with Crippen molar-refractivity contribution < 1.29 is 9.47 Å². The molecule has 2 heterocycles. The summed E-state index contributed by atoms with van der Waals surface area (Å²) in [6, 6.07) is 9.91. The minimum absolute atomic E-state index is 0.108. The van der Waals surface area contributed by atoms with E-state index in [2.05, 4.69) is 14.9 Å². The van der Waals surface area contributed by atoms with Crippen molar-refractivity contribution in [3.05, 3.63) is 48.5 Å². The van der Waals surface area contributed by atoms with E-state index in [1.165, 1.54) is 0 Å². The Hall–Kier alpha value is -1.85. The van der Waals surface area contributed by atoms with Crippen molar-refractivity contribution >= 4 is 0 Å². The zero-order chi connectivity index (χ0) is 14.3. The number of hydrogen-bond donors (Lipinski definition) is 1. The summed E-state index contributed by atoms with van der Waals surface area (Å²) in [7, 11) is 0. The normalized spacial score (nSPS) is 18.6. The highest BCUT2D eigenvalue weighted by Gasteiger charge is 2.19. The van der Waals surface area contributed by atoms with E-state index >= 15 is 0 Å². The molecule has 1 aromatic carbocycles. The summed E-state index contributed by atoms with van der Waals surface area (Å²) in [6.45, 7) is 4.13. The van der Waals surface area contributed by atoms with Crippen LogP contribution in [0.15, 0.2) is 42.9 Å². The van der Waals surface area contributed by atoms with Crippen LogP contribution in [0.5, 0.6) is 5.75 Å². The van der Waals surface area contributed by atoms with Crippen LogP contribution in [-0.4, -0.2) is 35.9 Å². The van der Waals surface area contributed by atoms with Gasteiger partial charge in [0, 0.05) is 19.6 Å². The molecule has 1 fully saturated rings. The summed E-state index contributed by atoms with van der Waals surface area (Å²) in [5, 5.41) is 3.35. The maximum absolute atomic E-state index is 5.78. The van der Waals surface area contributed by atoms with Gasteiger partial charge in [0.05, 0.1) is 31.4 Å². The van der Waals surface area contributed by atoms with Gasteiger partial charge in [0.1, 0.15) is 11.9 Å². The molecule has 1 N–H and O–H groups in total. The van der Waals surface area contributed by atoms with Crippen LogP contribution >= 0.6 is 0 Å². The fourth-order valence-electron chi connectivity index (χ4n) is 2.48. The lowest BCUT2D eigenvalue weighted by Gasteiger charge is -2.24. The molecule has 5 heteroatoms. The molecular weight excluding hydrogens is 266 g/mol. The molecule has 2 aromatic rings. The van der Waals surface area contributed by atoms with E-state index in [0.717, 1.165) is 44.1 Å². The van der Waals surface area contributed by atoms with Crippen molar-refractivity contribution in [3.63, 3.8) is 0 Å². The predicted octanol–water partition coefficient (Wildman–Crippen LogP) is 2.01. The van der Waals surface area contributed by atoms with Gasteiger partial charge < -0.3 is 19.4 Å². The number of rotatable bonds is 6. The third kappa shape index (κ3) is 3.83. The lowest BCUT2D eigenvalue weighted by atomic mass is 10.2. The Balaban J connectivity index is 1.48. The number of benzene rings is 1. The quantitative estimate of drug-likeness (QED) is 0.826. The first-order valence-corrected chi connectivity index (χ1v) is 7.43. The van der Waals surface area contributed by atoms with Crippen molar-refractivity contribution in [1.82, 2.24) is 14.9 Å². The molecule has 3 rings (SSSR count). The van der Waals surface area contributed by atoms with E-state index in [0.29, 0.717) is 6.61 Å². The summed E-state index contributed by atoms with van der Waals surface area (Å²) in [5.74, 6) is 0.920. The lowest BCUT2D eigenvalue weighted by molar-refractivity contribution is 0.0226. The van der Waals surface area contributed by atoms with E-state index < -0.39 is 0 Å². The Bertz CT molecular complexity index is 535. The van der Waals surface area contributed by atoms with Crippen molar-refractivity contribution in [2.24, 2.45) is 0 Å². The van der Waals surface area contributed by atoms with Crippen molar-refractivity contribution in [1.29, 1.82) is 0 Å². The van der Waals surface area contributed by atoms with Gasteiger partial charge in [-0.3, -0.25) is 0 Å². The topological polar surface area (TPSA) is 48.3 Å². The van der Waals surface area contributed by atoms with Gasteiger partial charge >= 0.3 is 0 Å². The van der Waals surface area contributed by atoms with Crippen LogP contribution in [0.3, 0.4) is 0 Å². The Labute approximate surface area is 124 Å². The fraction of sp³-hybridized carbons (Fsp3) is 0.438. The summed E-state index contributed by atoms with van der Waals surface area (Å²) >= 11 is 0. The van der Waals surface area contributed by atoms with Gasteiger partial charge in [-0.2, -0.15) is 0 Å². The van der Waals surface area contributed by atoms with Crippen LogP contribution in [0, 0.1) is 0 Å². The Kier molecular flexibility index (Phi) is 4.86. The van der Waals surface area contributed by atoms with Crippen LogP contribution in [0.4, 0.5) is 0 Å². The van der Waals surface area contributed by atoms with E-state index in [9.17, 15) is 0 Å². The third-order valence-corrected chi connectivity index (χ3v) is 3.56. The molecule has 0 spiro atoms. The SMILES string of the molecule is c1ccc(OCCCn2cncc2C2CNCCO2)cc1. The van der Waals surface area contributed by atoms with E-state index in [1.54, 1.807) is 0 Å². The van der Waals surface area contributed by atoms with Crippen molar-refractivity contribution in [2.45, 2.75) is 19.1 Å². The maximum Gasteiger partial charge on any atom is 0.119 e. The van der Waals surface area contributed by atoms with E-state index in [4.69, 9.17) is 9.47 Å². The van der Waals surface area contributed by atoms with Crippen LogP contribution in [-0.2, 0) is 11.3 Å². The third-order valence-electron chi connectivity index (χ3n) is 3.56. The molecule has 0 aliphatic carbocycles. The summed E-state index contributed by atoms with van der Waals surface area (Å²) in [4.78, 5) is 4.25. The molecule has 1 aromatic heterocycles. The second kappa shape index (κ2) is 7.24. The molecule has 5 nitrogen and oxygen atoms in total. The number of ether oxygens (including phenoxy) is 2. The number of nitrogens with one attached hydrogen (secondary N) is 1. The molecule has 1 atom stereocenters. The number of nitrogens with zero attached hydrogens (tertiary/aromatic N) is 2. The van der Waals surface area contributed by atoms with Crippen LogP contribution in [0.2, 0.25) is 0 Å². The molecule has 0 saturated carbocycles. The molecule has 1 aliphatic heterocycles. The largest absolute Gasteiger partial charge is 0.494 e. The number of morpholine rings is 1. The first-order chi connectivity index (χ1) is 10.4. The summed E-state index contributed by atoms with van der Waals surface area (Å²) < 4.78 is 13.7. The van der Waals surface area contributed by atoms with Gasteiger partial charge in [0.2, 0.25) is 0 Å². The summed E-state index contributed by atoms with van der Waals surface area (Å²) in [5.41, 5.74) is 1.14. The van der Waals surface area contributed by atoms with E-state index in [-0.39, 0.29) is 6.10 Å². The minimum atomic E-state index is 0.108. The molecule has 1 unspecified atom stereocenters. The van der Waals surface area contributed by atoms with Crippen molar-refractivity contribution in [3.8, 4) is 5.75 Å². The number of imidazole rings is 1. The minimum Gasteiger partial charge on any atom is -0.494 e. The first-order valence-electron chi connectivity index (χ1n) is 7.43. The van der Waals surface area contributed by atoms with Gasteiger partial charge in [0.25, 0.3) is 0 Å². The molecule has 1 saturated heterocycles. The molecule has 0 bridgehead atoms. The number of aromatic nitrogens is 2. The molecular formula is C16H21N3O2. The van der Waals surface area contributed by atoms with Crippen LogP contribution < -0.4 is 10.1 Å². The molecule has 0 amide bonds. The highest BCUT2D eigenvalue weighted by Crippen LogP contribution is 2.18. The lowest BCUT2D eigenvalue weighted by Crippen LogP contribution is -2.34. The molecule has 112 valence electrons. The predicted molar refractivity (Wildman–Crippen MR) is 80.3 cm³/mol. The van der Waals surface area contributed by atoms with Crippen molar-refractivity contribution in [2.75, 3.05) is 26.3 Å². The molecule has 0 radical (unpaired) electrons. The van der Waals surface area contributed by atoms with Crippen LogP contribution in [0.25, 0.3) is 0 Å². The van der Waals surface area contributed by atoms with Crippen LogP contribution in [0.1, 0.15) is 18.2 Å². The zero-order valence-corrected chi connectivity index (χ0v) is 12.1. The summed E-state index contributed by atoms with van der Waals surface area (Å²) in [6.07, 6.45) is 4.82. The van der Waals surface area contributed by atoms with Gasteiger partial charge in [-0.05, 0) is 18.6 Å². The highest BCUT2D eigenvalue weighted by molar-refractivity contribution is 5.20. The second-order valence-electron chi connectivity index (χ2n) is 5.09. The maximum atomic E-state index is 5.78. The molecule has 1 aliphatic rings. The average molecular weight is 287 g/mol.